The summed E-state index contributed by atoms with van der Waals surface area (Å²) in [6.07, 6.45) is 1.08. The third kappa shape index (κ3) is 7.64. The summed E-state index contributed by atoms with van der Waals surface area (Å²) in [5.74, 6) is 2.35. The molecule has 1 aliphatic heterocycles. The number of rotatable bonds is 10. The fourth-order valence-corrected chi connectivity index (χ4v) is 2.93. The highest BCUT2D eigenvalue weighted by Crippen LogP contribution is 2.28. The summed E-state index contributed by atoms with van der Waals surface area (Å²) < 4.78 is 16.4. The number of hydrogen-bond donors (Lipinski definition) is 2. The molecule has 0 aromatic heterocycles. The quantitative estimate of drug-likeness (QED) is 0.368. The number of aliphatic imine (C=N–C) groups is 1. The fourth-order valence-electron chi connectivity index (χ4n) is 2.93. The molecule has 0 radical (unpaired) electrons. The third-order valence-corrected chi connectivity index (χ3v) is 4.34. The maximum atomic E-state index is 5.57. The minimum absolute atomic E-state index is 0.585. The maximum Gasteiger partial charge on any atom is 0.191 e. The number of hydrogen-bond acceptors (Lipinski definition) is 5. The molecule has 0 saturated carbocycles. The molecule has 1 saturated heterocycles. The van der Waals surface area contributed by atoms with Crippen LogP contribution in [0.3, 0.4) is 0 Å². The molecule has 2 rings (SSSR count). The maximum absolute atomic E-state index is 5.57. The molecule has 2 N–H and O–H groups in total. The van der Waals surface area contributed by atoms with Gasteiger partial charge in [-0.25, -0.2) is 4.99 Å². The van der Waals surface area contributed by atoms with Crippen LogP contribution in [0.1, 0.15) is 25.8 Å². The topological polar surface area (TPSA) is 67.4 Å². The van der Waals surface area contributed by atoms with Crippen LogP contribution < -0.4 is 20.1 Å². The van der Waals surface area contributed by atoms with Gasteiger partial charge in [0, 0.05) is 26.2 Å². The second kappa shape index (κ2) is 12.4. The van der Waals surface area contributed by atoms with Crippen LogP contribution in [-0.4, -0.2) is 70.5 Å². The Morgan fingerprint density at radius 1 is 1.19 bits per heavy atom. The first-order valence-electron chi connectivity index (χ1n) is 9.88. The van der Waals surface area contributed by atoms with Crippen molar-refractivity contribution in [1.82, 2.24) is 15.5 Å². The van der Waals surface area contributed by atoms with Crippen molar-refractivity contribution in [3.63, 3.8) is 0 Å². The Labute approximate surface area is 163 Å². The van der Waals surface area contributed by atoms with Crippen LogP contribution in [0.2, 0.25) is 0 Å². The summed E-state index contributed by atoms with van der Waals surface area (Å²) >= 11 is 0. The Balaban J connectivity index is 1.82. The van der Waals surface area contributed by atoms with Crippen molar-refractivity contribution in [2.45, 2.75) is 26.8 Å². The Hall–Kier alpha value is -1.99. The standard InChI is InChI=1S/C20H34N4O3/c1-4-21-20(22-9-6-10-24-11-13-26-14-12-24)23-16-17-7-8-18(27-5-2)19(15-17)25-3/h7-8,15H,4-6,9-14,16H2,1-3H3,(H2,21,22,23). The molecular weight excluding hydrogens is 344 g/mol. The summed E-state index contributed by atoms with van der Waals surface area (Å²) in [5.41, 5.74) is 1.08. The van der Waals surface area contributed by atoms with Gasteiger partial charge in [0.25, 0.3) is 0 Å². The Kier molecular flexibility index (Phi) is 9.79. The monoisotopic (exact) mass is 378 g/mol. The number of ether oxygens (including phenoxy) is 3. The van der Waals surface area contributed by atoms with E-state index in [4.69, 9.17) is 14.2 Å². The van der Waals surface area contributed by atoms with Crippen molar-refractivity contribution in [2.75, 3.05) is 59.7 Å². The van der Waals surface area contributed by atoms with E-state index < -0.39 is 0 Å². The zero-order valence-corrected chi connectivity index (χ0v) is 16.9. The summed E-state index contributed by atoms with van der Waals surface area (Å²) in [5, 5.41) is 6.72. The number of nitrogens with one attached hydrogen (secondary N) is 2. The zero-order chi connectivity index (χ0) is 19.3. The molecule has 1 aromatic rings. The van der Waals surface area contributed by atoms with Crippen LogP contribution in [0, 0.1) is 0 Å². The minimum atomic E-state index is 0.585. The molecule has 0 amide bonds. The summed E-state index contributed by atoms with van der Waals surface area (Å²) in [7, 11) is 1.66. The molecule has 7 nitrogen and oxygen atoms in total. The number of methoxy groups -OCH3 is 1. The Morgan fingerprint density at radius 3 is 2.70 bits per heavy atom. The highest BCUT2D eigenvalue weighted by molar-refractivity contribution is 5.79. The molecule has 1 fully saturated rings. The van der Waals surface area contributed by atoms with E-state index >= 15 is 0 Å². The van der Waals surface area contributed by atoms with E-state index in [0.717, 1.165) is 75.4 Å². The van der Waals surface area contributed by atoms with Crippen molar-refractivity contribution in [2.24, 2.45) is 4.99 Å². The highest BCUT2D eigenvalue weighted by Gasteiger charge is 2.09. The molecule has 0 aliphatic carbocycles. The number of guanidine groups is 1. The molecule has 7 heteroatoms. The van der Waals surface area contributed by atoms with Gasteiger partial charge in [0.2, 0.25) is 0 Å². The van der Waals surface area contributed by atoms with E-state index in [9.17, 15) is 0 Å². The van der Waals surface area contributed by atoms with Gasteiger partial charge >= 0.3 is 0 Å². The molecule has 1 aliphatic rings. The van der Waals surface area contributed by atoms with E-state index in [1.165, 1.54) is 0 Å². The van der Waals surface area contributed by atoms with Crippen LogP contribution in [0.5, 0.6) is 11.5 Å². The average Bonchev–Trinajstić information content (AvgIpc) is 2.71. The van der Waals surface area contributed by atoms with E-state index in [0.29, 0.717) is 13.2 Å². The SMILES string of the molecule is CCNC(=NCc1ccc(OCC)c(OC)c1)NCCCN1CCOCC1. The van der Waals surface area contributed by atoms with Gasteiger partial charge in [0.1, 0.15) is 0 Å². The Bertz CT molecular complexity index is 574. The summed E-state index contributed by atoms with van der Waals surface area (Å²) in [6, 6.07) is 5.95. The normalized spacial score (nSPS) is 15.4. The van der Waals surface area contributed by atoms with Crippen LogP contribution in [-0.2, 0) is 11.3 Å². The lowest BCUT2D eigenvalue weighted by Crippen LogP contribution is -2.40. The molecule has 1 heterocycles. The lowest BCUT2D eigenvalue weighted by atomic mass is 10.2. The van der Waals surface area contributed by atoms with Crippen molar-refractivity contribution in [1.29, 1.82) is 0 Å². The van der Waals surface area contributed by atoms with E-state index in [1.54, 1.807) is 7.11 Å². The highest BCUT2D eigenvalue weighted by atomic mass is 16.5. The van der Waals surface area contributed by atoms with Crippen molar-refractivity contribution >= 4 is 5.96 Å². The first-order chi connectivity index (χ1) is 13.3. The first kappa shape index (κ1) is 21.3. The van der Waals surface area contributed by atoms with Gasteiger partial charge in [-0.2, -0.15) is 0 Å². The molecule has 27 heavy (non-hydrogen) atoms. The van der Waals surface area contributed by atoms with Gasteiger partial charge in [0.15, 0.2) is 17.5 Å². The van der Waals surface area contributed by atoms with Gasteiger partial charge in [-0.15, -0.1) is 0 Å². The van der Waals surface area contributed by atoms with Crippen molar-refractivity contribution < 1.29 is 14.2 Å². The van der Waals surface area contributed by atoms with E-state index in [-0.39, 0.29) is 0 Å². The van der Waals surface area contributed by atoms with Gasteiger partial charge in [-0.3, -0.25) is 4.90 Å². The average molecular weight is 379 g/mol. The first-order valence-corrected chi connectivity index (χ1v) is 9.88. The fraction of sp³-hybridized carbons (Fsp3) is 0.650. The van der Waals surface area contributed by atoms with Crippen LogP contribution >= 0.6 is 0 Å². The molecule has 0 bridgehead atoms. The van der Waals surface area contributed by atoms with Crippen LogP contribution in [0.4, 0.5) is 0 Å². The van der Waals surface area contributed by atoms with Crippen LogP contribution in [0.25, 0.3) is 0 Å². The largest absolute Gasteiger partial charge is 0.493 e. The lowest BCUT2D eigenvalue weighted by Gasteiger charge is -2.26. The molecule has 1 aromatic carbocycles. The van der Waals surface area contributed by atoms with Gasteiger partial charge < -0.3 is 24.8 Å². The van der Waals surface area contributed by atoms with Crippen LogP contribution in [0.15, 0.2) is 23.2 Å². The van der Waals surface area contributed by atoms with Gasteiger partial charge in [-0.05, 0) is 44.5 Å². The summed E-state index contributed by atoms with van der Waals surface area (Å²) in [4.78, 5) is 7.13. The number of morpholine rings is 1. The predicted octanol–water partition coefficient (Wildman–Crippen LogP) is 1.87. The molecule has 152 valence electrons. The third-order valence-electron chi connectivity index (χ3n) is 4.34. The lowest BCUT2D eigenvalue weighted by molar-refractivity contribution is 0.0376. The van der Waals surface area contributed by atoms with Crippen molar-refractivity contribution in [3.05, 3.63) is 23.8 Å². The second-order valence-electron chi connectivity index (χ2n) is 6.35. The van der Waals surface area contributed by atoms with E-state index in [1.807, 2.05) is 25.1 Å². The molecule has 0 spiro atoms. The number of benzene rings is 1. The molecule has 0 atom stereocenters. The van der Waals surface area contributed by atoms with Gasteiger partial charge in [-0.1, -0.05) is 6.07 Å². The second-order valence-corrected chi connectivity index (χ2v) is 6.35. The zero-order valence-electron chi connectivity index (χ0n) is 16.9. The number of nitrogens with zero attached hydrogens (tertiary/aromatic N) is 2. The predicted molar refractivity (Wildman–Crippen MR) is 109 cm³/mol. The summed E-state index contributed by atoms with van der Waals surface area (Å²) in [6.45, 7) is 11.8. The smallest absolute Gasteiger partial charge is 0.191 e. The van der Waals surface area contributed by atoms with E-state index in [2.05, 4.69) is 27.4 Å². The van der Waals surface area contributed by atoms with Gasteiger partial charge in [0.05, 0.1) is 33.5 Å². The molecular formula is C20H34N4O3. The van der Waals surface area contributed by atoms with Crippen molar-refractivity contribution in [3.8, 4) is 11.5 Å². The minimum Gasteiger partial charge on any atom is -0.493 e. The molecule has 0 unspecified atom stereocenters. The Morgan fingerprint density at radius 2 is 2.00 bits per heavy atom.